The number of nitrogens with two attached hydrogens (primary N) is 1. The van der Waals surface area contributed by atoms with E-state index in [4.69, 9.17) is 22.7 Å². The molecule has 1 aromatic carbocycles. The maximum Gasteiger partial charge on any atom is 0.132 e. The van der Waals surface area contributed by atoms with Crippen LogP contribution in [0.3, 0.4) is 0 Å². The largest absolute Gasteiger partial charge is 0.488 e. The van der Waals surface area contributed by atoms with Gasteiger partial charge in [0.2, 0.25) is 0 Å². The molecule has 1 heterocycles. The van der Waals surface area contributed by atoms with E-state index in [2.05, 4.69) is 11.9 Å². The van der Waals surface area contributed by atoms with Crippen molar-refractivity contribution in [2.24, 2.45) is 5.73 Å². The molecule has 0 bridgehead atoms. The second-order valence-corrected chi connectivity index (χ2v) is 5.05. The summed E-state index contributed by atoms with van der Waals surface area (Å²) >= 11 is 5.06. The Morgan fingerprint density at radius 3 is 2.88 bits per heavy atom. The minimum absolute atomic E-state index is 0.245. The first-order chi connectivity index (χ1) is 8.08. The van der Waals surface area contributed by atoms with E-state index in [1.807, 2.05) is 25.1 Å². The van der Waals surface area contributed by atoms with Gasteiger partial charge >= 0.3 is 0 Å². The number of likely N-dealkylation sites (N-methyl/N-ethyl adjacent to an activating group) is 1. The predicted molar refractivity (Wildman–Crippen MR) is 73.6 cm³/mol. The van der Waals surface area contributed by atoms with Crippen LogP contribution in [-0.2, 0) is 0 Å². The quantitative estimate of drug-likeness (QED) is 0.829. The predicted octanol–water partition coefficient (Wildman–Crippen LogP) is 1.71. The summed E-state index contributed by atoms with van der Waals surface area (Å²) in [6.07, 6.45) is 1.30. The van der Waals surface area contributed by atoms with E-state index in [1.54, 1.807) is 0 Å². The minimum atomic E-state index is 0.245. The molecule has 0 radical (unpaired) electrons. The molecule has 1 saturated heterocycles. The van der Waals surface area contributed by atoms with Crippen molar-refractivity contribution in [2.45, 2.75) is 19.4 Å². The fourth-order valence-electron chi connectivity index (χ4n) is 2.16. The highest BCUT2D eigenvalue weighted by Gasteiger charge is 2.22. The number of hydrogen-bond acceptors (Lipinski definition) is 3. The van der Waals surface area contributed by atoms with Crippen LogP contribution in [0, 0.1) is 6.92 Å². The van der Waals surface area contributed by atoms with Crippen molar-refractivity contribution >= 4 is 17.2 Å². The zero-order valence-corrected chi connectivity index (χ0v) is 11.1. The molecule has 0 spiro atoms. The van der Waals surface area contributed by atoms with Gasteiger partial charge in [-0.1, -0.05) is 24.4 Å². The Bertz CT molecular complexity index is 433. The first-order valence-electron chi connectivity index (χ1n) is 5.82. The fraction of sp³-hybridized carbons (Fsp3) is 0.462. The highest BCUT2D eigenvalue weighted by molar-refractivity contribution is 7.80. The van der Waals surface area contributed by atoms with Crippen molar-refractivity contribution in [2.75, 3.05) is 20.1 Å². The van der Waals surface area contributed by atoms with E-state index in [-0.39, 0.29) is 6.10 Å². The standard InChI is InChI=1S/C13H18N2OS/c1-9-4-3-5-11(13(14)17)12(9)16-10-6-7-15(2)8-10/h3-5,10H,6-8H2,1-2H3,(H2,14,17). The lowest BCUT2D eigenvalue weighted by Gasteiger charge is -2.18. The van der Waals surface area contributed by atoms with Crippen LogP contribution in [0.4, 0.5) is 0 Å². The third kappa shape index (κ3) is 2.76. The molecule has 1 aliphatic heterocycles. The van der Waals surface area contributed by atoms with Gasteiger partial charge in [0.25, 0.3) is 0 Å². The van der Waals surface area contributed by atoms with Gasteiger partial charge in [0.1, 0.15) is 16.8 Å². The summed E-state index contributed by atoms with van der Waals surface area (Å²) in [5.41, 5.74) is 7.66. The van der Waals surface area contributed by atoms with Crippen LogP contribution in [0.15, 0.2) is 18.2 Å². The minimum Gasteiger partial charge on any atom is -0.488 e. The van der Waals surface area contributed by atoms with Crippen LogP contribution in [0.2, 0.25) is 0 Å². The number of benzene rings is 1. The second-order valence-electron chi connectivity index (χ2n) is 4.61. The zero-order chi connectivity index (χ0) is 12.4. The summed E-state index contributed by atoms with van der Waals surface area (Å²) in [4.78, 5) is 2.67. The Hall–Kier alpha value is -1.13. The lowest BCUT2D eigenvalue weighted by atomic mass is 10.1. The molecule has 3 nitrogen and oxygen atoms in total. The molecular formula is C13H18N2OS. The second kappa shape index (κ2) is 5.02. The average molecular weight is 250 g/mol. The van der Waals surface area contributed by atoms with Gasteiger partial charge in [0, 0.05) is 13.1 Å². The number of aryl methyl sites for hydroxylation is 1. The van der Waals surface area contributed by atoms with Crippen molar-refractivity contribution in [1.82, 2.24) is 4.90 Å². The van der Waals surface area contributed by atoms with E-state index in [0.717, 1.165) is 36.4 Å². The first-order valence-corrected chi connectivity index (χ1v) is 6.23. The highest BCUT2D eigenvalue weighted by Crippen LogP contribution is 2.26. The summed E-state index contributed by atoms with van der Waals surface area (Å²) in [5.74, 6) is 0.848. The van der Waals surface area contributed by atoms with E-state index in [9.17, 15) is 0 Å². The molecule has 0 amide bonds. The van der Waals surface area contributed by atoms with Crippen LogP contribution >= 0.6 is 12.2 Å². The van der Waals surface area contributed by atoms with Gasteiger partial charge in [-0.2, -0.15) is 0 Å². The molecule has 17 heavy (non-hydrogen) atoms. The van der Waals surface area contributed by atoms with Crippen molar-refractivity contribution in [1.29, 1.82) is 0 Å². The van der Waals surface area contributed by atoms with Crippen molar-refractivity contribution in [3.8, 4) is 5.75 Å². The molecule has 1 aliphatic rings. The van der Waals surface area contributed by atoms with Gasteiger partial charge in [-0.05, 0) is 32.0 Å². The number of thiocarbonyl (C=S) groups is 1. The Morgan fingerprint density at radius 2 is 2.29 bits per heavy atom. The topological polar surface area (TPSA) is 38.5 Å². The zero-order valence-electron chi connectivity index (χ0n) is 10.3. The lowest BCUT2D eigenvalue weighted by molar-refractivity contribution is 0.206. The Morgan fingerprint density at radius 1 is 1.53 bits per heavy atom. The maximum absolute atomic E-state index is 6.06. The van der Waals surface area contributed by atoms with Crippen LogP contribution < -0.4 is 10.5 Å². The number of hydrogen-bond donors (Lipinski definition) is 1. The van der Waals surface area contributed by atoms with Gasteiger partial charge in [-0.3, -0.25) is 0 Å². The summed E-state index contributed by atoms with van der Waals surface area (Å²) in [6, 6.07) is 5.90. The van der Waals surface area contributed by atoms with Crippen LogP contribution in [-0.4, -0.2) is 36.1 Å². The highest BCUT2D eigenvalue weighted by atomic mass is 32.1. The summed E-state index contributed by atoms with van der Waals surface area (Å²) in [7, 11) is 2.11. The molecule has 92 valence electrons. The Balaban J connectivity index is 2.22. The Kier molecular flexibility index (Phi) is 3.64. The molecule has 2 N–H and O–H groups in total. The Labute approximate surface area is 108 Å². The molecular weight excluding hydrogens is 232 g/mol. The van der Waals surface area contributed by atoms with E-state index < -0.39 is 0 Å². The fourth-order valence-corrected chi connectivity index (χ4v) is 2.32. The van der Waals surface area contributed by atoms with Gasteiger partial charge in [0.05, 0.1) is 5.56 Å². The number of ether oxygens (including phenoxy) is 1. The molecule has 0 saturated carbocycles. The molecule has 2 rings (SSSR count). The molecule has 0 aliphatic carbocycles. The normalized spacial score (nSPS) is 20.5. The molecule has 1 atom stereocenters. The van der Waals surface area contributed by atoms with Crippen LogP contribution in [0.5, 0.6) is 5.75 Å². The van der Waals surface area contributed by atoms with Gasteiger partial charge < -0.3 is 15.4 Å². The van der Waals surface area contributed by atoms with Crippen LogP contribution in [0.25, 0.3) is 0 Å². The number of rotatable bonds is 3. The van der Waals surface area contributed by atoms with Gasteiger partial charge in [-0.15, -0.1) is 0 Å². The average Bonchev–Trinajstić information content (AvgIpc) is 2.67. The lowest BCUT2D eigenvalue weighted by Crippen LogP contribution is -2.23. The van der Waals surface area contributed by atoms with E-state index in [0.29, 0.717) is 4.99 Å². The first kappa shape index (κ1) is 12.3. The number of likely N-dealkylation sites (tertiary alicyclic amines) is 1. The number of nitrogens with zero attached hydrogens (tertiary/aromatic N) is 1. The van der Waals surface area contributed by atoms with Crippen molar-refractivity contribution < 1.29 is 4.74 Å². The van der Waals surface area contributed by atoms with Gasteiger partial charge in [-0.25, -0.2) is 0 Å². The molecule has 1 fully saturated rings. The summed E-state index contributed by atoms with van der Waals surface area (Å²) < 4.78 is 6.06. The molecule has 1 aromatic rings. The molecule has 1 unspecified atom stereocenters. The SMILES string of the molecule is Cc1cccc(C(N)=S)c1OC1CCN(C)C1. The molecule has 0 aromatic heterocycles. The maximum atomic E-state index is 6.06. The number of para-hydroxylation sites is 1. The van der Waals surface area contributed by atoms with E-state index >= 15 is 0 Å². The van der Waals surface area contributed by atoms with Gasteiger partial charge in [0.15, 0.2) is 0 Å². The van der Waals surface area contributed by atoms with Crippen LogP contribution in [0.1, 0.15) is 17.5 Å². The third-order valence-electron chi connectivity index (χ3n) is 3.11. The van der Waals surface area contributed by atoms with Crippen molar-refractivity contribution in [3.05, 3.63) is 29.3 Å². The third-order valence-corrected chi connectivity index (χ3v) is 3.33. The molecule has 4 heteroatoms. The monoisotopic (exact) mass is 250 g/mol. The summed E-state index contributed by atoms with van der Waals surface area (Å²) in [5, 5.41) is 0. The smallest absolute Gasteiger partial charge is 0.132 e. The van der Waals surface area contributed by atoms with E-state index in [1.165, 1.54) is 0 Å². The van der Waals surface area contributed by atoms with Crippen molar-refractivity contribution in [3.63, 3.8) is 0 Å². The summed E-state index contributed by atoms with van der Waals surface area (Å²) in [6.45, 7) is 4.07.